The molecule has 0 aliphatic carbocycles. The third kappa shape index (κ3) is 4.16. The molecule has 32 heavy (non-hydrogen) atoms. The summed E-state index contributed by atoms with van der Waals surface area (Å²) in [5.41, 5.74) is 2.05. The number of carbonyl (C=O) groups is 1. The number of anilines is 1. The van der Waals surface area contributed by atoms with E-state index in [0.717, 1.165) is 16.5 Å². The number of ether oxygens (including phenoxy) is 1. The lowest BCUT2D eigenvalue weighted by Gasteiger charge is -2.19. The predicted molar refractivity (Wildman–Crippen MR) is 123 cm³/mol. The van der Waals surface area contributed by atoms with Gasteiger partial charge >= 0.3 is 0 Å². The molecule has 7 nitrogen and oxygen atoms in total. The van der Waals surface area contributed by atoms with E-state index in [0.29, 0.717) is 11.6 Å². The van der Waals surface area contributed by atoms with Gasteiger partial charge in [0.2, 0.25) is 0 Å². The maximum absolute atomic E-state index is 13.0. The third-order valence-electron chi connectivity index (χ3n) is 5.15. The Kier molecular flexibility index (Phi) is 5.86. The van der Waals surface area contributed by atoms with Gasteiger partial charge in [0.1, 0.15) is 17.4 Å². The Hall–Kier alpha value is -4.18. The Morgan fingerprint density at radius 2 is 1.81 bits per heavy atom. The number of nitrogens with zero attached hydrogens (tertiary/aromatic N) is 4. The van der Waals surface area contributed by atoms with Crippen molar-refractivity contribution in [3.8, 4) is 17.6 Å². The van der Waals surface area contributed by atoms with Gasteiger partial charge < -0.3 is 10.1 Å². The minimum Gasteiger partial charge on any atom is -0.481 e. The van der Waals surface area contributed by atoms with Crippen molar-refractivity contribution in [2.45, 2.75) is 32.8 Å². The number of nitriles is 1. The Balaban J connectivity index is 1.61. The maximum Gasteiger partial charge on any atom is 0.266 e. The number of pyridine rings is 1. The van der Waals surface area contributed by atoms with E-state index in [-0.39, 0.29) is 23.2 Å². The second-order valence-electron chi connectivity index (χ2n) is 7.73. The monoisotopic (exact) mass is 425 g/mol. The highest BCUT2D eigenvalue weighted by Gasteiger charge is 2.22. The number of aromatic nitrogens is 3. The summed E-state index contributed by atoms with van der Waals surface area (Å²) in [4.78, 5) is 17.6. The Labute approximate surface area is 186 Å². The summed E-state index contributed by atoms with van der Waals surface area (Å²) in [5, 5.41) is 17.6. The molecule has 0 radical (unpaired) electrons. The number of rotatable bonds is 6. The highest BCUT2D eigenvalue weighted by molar-refractivity contribution is 5.94. The number of amides is 1. The summed E-state index contributed by atoms with van der Waals surface area (Å²) in [6, 6.07) is 21.2. The van der Waals surface area contributed by atoms with Gasteiger partial charge in [-0.3, -0.25) is 4.79 Å². The van der Waals surface area contributed by atoms with Crippen LogP contribution < -0.4 is 10.1 Å². The number of fused-ring (bicyclic) bond motifs is 1. The number of hydrogen-bond donors (Lipinski definition) is 1. The van der Waals surface area contributed by atoms with Crippen molar-refractivity contribution in [2.24, 2.45) is 0 Å². The molecule has 4 rings (SSSR count). The summed E-state index contributed by atoms with van der Waals surface area (Å²) in [6.45, 7) is 5.82. The molecule has 2 heterocycles. The van der Waals surface area contributed by atoms with Gasteiger partial charge in [0, 0.05) is 5.39 Å². The average Bonchev–Trinajstić information content (AvgIpc) is 3.21. The van der Waals surface area contributed by atoms with Gasteiger partial charge in [0.05, 0.1) is 11.7 Å². The van der Waals surface area contributed by atoms with Crippen molar-refractivity contribution in [3.05, 3.63) is 78.0 Å². The summed E-state index contributed by atoms with van der Waals surface area (Å²) < 4.78 is 7.41. The van der Waals surface area contributed by atoms with Crippen LogP contribution in [0.5, 0.6) is 5.75 Å². The fourth-order valence-electron chi connectivity index (χ4n) is 3.42. The summed E-state index contributed by atoms with van der Waals surface area (Å²) in [7, 11) is 0. The first-order chi connectivity index (χ1) is 15.5. The molecule has 0 spiro atoms. The Morgan fingerprint density at radius 3 is 2.59 bits per heavy atom. The van der Waals surface area contributed by atoms with Crippen LogP contribution in [0.25, 0.3) is 16.7 Å². The fraction of sp³-hybridized carbons (Fsp3) is 0.200. The van der Waals surface area contributed by atoms with Crippen molar-refractivity contribution in [1.29, 1.82) is 5.26 Å². The van der Waals surface area contributed by atoms with Crippen LogP contribution in [-0.4, -0.2) is 26.8 Å². The zero-order chi connectivity index (χ0) is 22.7. The molecule has 1 N–H and O–H groups in total. The summed E-state index contributed by atoms with van der Waals surface area (Å²) in [5.74, 6) is 1.29. The predicted octanol–water partition coefficient (Wildman–Crippen LogP) is 4.82. The standard InChI is InChI=1S/C25H23N5O2/c1-16(2)20-9-5-7-11-22(20)32-17(3)25(31)29-24-19(14-26)15-27-30(24)23-13-12-18-8-4-6-10-21(18)28-23/h4-13,15-17H,1-3H3,(H,29,31). The van der Waals surface area contributed by atoms with Crippen molar-refractivity contribution < 1.29 is 9.53 Å². The van der Waals surface area contributed by atoms with Crippen LogP contribution in [-0.2, 0) is 4.79 Å². The molecular weight excluding hydrogens is 402 g/mol. The topological polar surface area (TPSA) is 92.8 Å². The minimum atomic E-state index is -0.783. The van der Waals surface area contributed by atoms with Crippen LogP contribution in [0.3, 0.4) is 0 Å². The summed E-state index contributed by atoms with van der Waals surface area (Å²) >= 11 is 0. The van der Waals surface area contributed by atoms with Crippen LogP contribution in [0.1, 0.15) is 37.8 Å². The summed E-state index contributed by atoms with van der Waals surface area (Å²) in [6.07, 6.45) is 0.626. The fourth-order valence-corrected chi connectivity index (χ4v) is 3.42. The zero-order valence-electron chi connectivity index (χ0n) is 18.1. The minimum absolute atomic E-state index is 0.239. The van der Waals surface area contributed by atoms with Crippen molar-refractivity contribution >= 4 is 22.6 Å². The molecule has 0 saturated carbocycles. The van der Waals surface area contributed by atoms with Gasteiger partial charge in [-0.2, -0.15) is 15.0 Å². The van der Waals surface area contributed by atoms with Gasteiger partial charge in [0.15, 0.2) is 17.7 Å². The van der Waals surface area contributed by atoms with Crippen molar-refractivity contribution in [1.82, 2.24) is 14.8 Å². The molecule has 0 bridgehead atoms. The van der Waals surface area contributed by atoms with E-state index in [9.17, 15) is 10.1 Å². The second kappa shape index (κ2) is 8.90. The number of carbonyl (C=O) groups excluding carboxylic acids is 1. The Bertz CT molecular complexity index is 1320. The molecular formula is C25H23N5O2. The van der Waals surface area contributed by atoms with Crippen LogP contribution in [0.2, 0.25) is 0 Å². The first-order valence-corrected chi connectivity index (χ1v) is 10.4. The van der Waals surface area contributed by atoms with Gasteiger partial charge in [-0.1, -0.05) is 50.2 Å². The molecule has 1 amide bonds. The lowest BCUT2D eigenvalue weighted by atomic mass is 10.0. The lowest BCUT2D eigenvalue weighted by Crippen LogP contribution is -2.31. The number of hydrogen-bond acceptors (Lipinski definition) is 5. The maximum atomic E-state index is 13.0. The normalized spacial score (nSPS) is 11.8. The number of nitrogens with one attached hydrogen (secondary N) is 1. The van der Waals surface area contributed by atoms with Crippen LogP contribution >= 0.6 is 0 Å². The lowest BCUT2D eigenvalue weighted by molar-refractivity contribution is -0.122. The van der Waals surface area contributed by atoms with E-state index in [2.05, 4.69) is 35.3 Å². The molecule has 0 aliphatic rings. The van der Waals surface area contributed by atoms with E-state index in [1.807, 2.05) is 54.6 Å². The van der Waals surface area contributed by atoms with Crippen molar-refractivity contribution in [3.63, 3.8) is 0 Å². The molecule has 4 aromatic rings. The van der Waals surface area contributed by atoms with E-state index in [1.54, 1.807) is 13.0 Å². The third-order valence-corrected chi connectivity index (χ3v) is 5.15. The molecule has 7 heteroatoms. The highest BCUT2D eigenvalue weighted by atomic mass is 16.5. The van der Waals surface area contributed by atoms with E-state index in [4.69, 9.17) is 4.74 Å². The largest absolute Gasteiger partial charge is 0.481 e. The SMILES string of the molecule is CC(Oc1ccccc1C(C)C)C(=O)Nc1c(C#N)cnn1-c1ccc2ccccc2n1. The average molecular weight is 425 g/mol. The van der Waals surface area contributed by atoms with Crippen molar-refractivity contribution in [2.75, 3.05) is 5.32 Å². The number of benzene rings is 2. The van der Waals surface area contributed by atoms with E-state index < -0.39 is 6.10 Å². The van der Waals surface area contributed by atoms with E-state index >= 15 is 0 Å². The number of para-hydroxylation sites is 2. The van der Waals surface area contributed by atoms with Crippen LogP contribution in [0.15, 0.2) is 66.9 Å². The molecule has 2 aromatic heterocycles. The molecule has 2 aromatic carbocycles. The first kappa shape index (κ1) is 21.1. The van der Waals surface area contributed by atoms with Crippen LogP contribution in [0, 0.1) is 11.3 Å². The van der Waals surface area contributed by atoms with E-state index in [1.165, 1.54) is 10.9 Å². The highest BCUT2D eigenvalue weighted by Crippen LogP contribution is 2.27. The molecule has 0 saturated heterocycles. The zero-order valence-corrected chi connectivity index (χ0v) is 18.1. The Morgan fingerprint density at radius 1 is 1.06 bits per heavy atom. The molecule has 1 atom stereocenters. The van der Waals surface area contributed by atoms with Gasteiger partial charge in [0.25, 0.3) is 5.91 Å². The van der Waals surface area contributed by atoms with Gasteiger partial charge in [-0.15, -0.1) is 0 Å². The quantitative estimate of drug-likeness (QED) is 0.478. The molecule has 0 fully saturated rings. The van der Waals surface area contributed by atoms with Crippen LogP contribution in [0.4, 0.5) is 5.82 Å². The second-order valence-corrected chi connectivity index (χ2v) is 7.73. The molecule has 160 valence electrons. The molecule has 1 unspecified atom stereocenters. The molecule has 0 aliphatic heterocycles. The van der Waals surface area contributed by atoms with Gasteiger partial charge in [-0.05, 0) is 42.7 Å². The first-order valence-electron chi connectivity index (χ1n) is 10.4. The van der Waals surface area contributed by atoms with Gasteiger partial charge in [-0.25, -0.2) is 4.98 Å². The smallest absolute Gasteiger partial charge is 0.266 e.